The van der Waals surface area contributed by atoms with Crippen LogP contribution in [-0.2, 0) is 16.0 Å². The van der Waals surface area contributed by atoms with Crippen LogP contribution in [0.4, 0.5) is 15.8 Å². The van der Waals surface area contributed by atoms with E-state index in [1.165, 1.54) is 30.4 Å². The van der Waals surface area contributed by atoms with E-state index in [1.54, 1.807) is 36.4 Å². The third-order valence-corrected chi connectivity index (χ3v) is 4.98. The van der Waals surface area contributed by atoms with E-state index in [9.17, 15) is 14.0 Å². The summed E-state index contributed by atoms with van der Waals surface area (Å²) in [5, 5.41) is 6.26. The Morgan fingerprint density at radius 3 is 2.41 bits per heavy atom. The number of aromatic nitrogens is 1. The van der Waals surface area contributed by atoms with Crippen LogP contribution in [0.5, 0.6) is 0 Å². The van der Waals surface area contributed by atoms with E-state index in [0.29, 0.717) is 11.4 Å². The van der Waals surface area contributed by atoms with Gasteiger partial charge in [-0.1, -0.05) is 6.07 Å². The van der Waals surface area contributed by atoms with E-state index in [0.717, 1.165) is 21.1 Å². The third kappa shape index (κ3) is 4.98. The number of aryl methyl sites for hydroxylation is 1. The second kappa shape index (κ2) is 8.09. The molecule has 0 unspecified atom stereocenters. The van der Waals surface area contributed by atoms with E-state index in [1.807, 2.05) is 6.92 Å². The van der Waals surface area contributed by atoms with Crippen molar-refractivity contribution >= 4 is 34.5 Å². The second-order valence-electron chi connectivity index (χ2n) is 6.02. The molecule has 7 heteroatoms. The number of halogens is 1. The highest BCUT2D eigenvalue weighted by molar-refractivity contribution is 7.15. The largest absolute Gasteiger partial charge is 0.326 e. The smallest absolute Gasteiger partial charge is 0.229 e. The third-order valence-electron chi connectivity index (χ3n) is 3.77. The molecular formula is C20H18FN3O2S. The Hall–Kier alpha value is -3.06. The number of hydrogen-bond donors (Lipinski definition) is 2. The molecule has 0 saturated heterocycles. The van der Waals surface area contributed by atoms with Gasteiger partial charge in [-0.15, -0.1) is 11.3 Å². The number of nitrogens with zero attached hydrogens (tertiary/aromatic N) is 1. The highest BCUT2D eigenvalue weighted by Gasteiger charge is 2.13. The summed E-state index contributed by atoms with van der Waals surface area (Å²) in [7, 11) is 0. The molecule has 0 aliphatic rings. The highest BCUT2D eigenvalue weighted by atomic mass is 32.1. The number of anilines is 2. The molecule has 27 heavy (non-hydrogen) atoms. The molecule has 1 heterocycles. The highest BCUT2D eigenvalue weighted by Crippen LogP contribution is 2.28. The molecule has 0 radical (unpaired) electrons. The van der Waals surface area contributed by atoms with Gasteiger partial charge in [0, 0.05) is 28.7 Å². The summed E-state index contributed by atoms with van der Waals surface area (Å²) in [6, 6.07) is 13.1. The lowest BCUT2D eigenvalue weighted by Gasteiger charge is -2.07. The van der Waals surface area contributed by atoms with Crippen LogP contribution in [0.15, 0.2) is 48.5 Å². The van der Waals surface area contributed by atoms with Crippen LogP contribution in [0.1, 0.15) is 17.5 Å². The zero-order chi connectivity index (χ0) is 19.4. The number of thiazole rings is 1. The van der Waals surface area contributed by atoms with Crippen LogP contribution in [0.2, 0.25) is 0 Å². The fourth-order valence-electron chi connectivity index (χ4n) is 2.54. The molecule has 0 saturated carbocycles. The minimum absolute atomic E-state index is 0.174. The van der Waals surface area contributed by atoms with Gasteiger partial charge in [0.25, 0.3) is 0 Å². The number of rotatable bonds is 5. The van der Waals surface area contributed by atoms with Crippen LogP contribution in [0.3, 0.4) is 0 Å². The van der Waals surface area contributed by atoms with Crippen molar-refractivity contribution in [1.29, 1.82) is 0 Å². The van der Waals surface area contributed by atoms with E-state index >= 15 is 0 Å². The molecule has 0 fully saturated rings. The number of benzene rings is 2. The van der Waals surface area contributed by atoms with Gasteiger partial charge in [0.05, 0.1) is 12.1 Å². The SMILES string of the molecule is CC(=O)Nc1cccc(NC(=O)Cc2sc(-c3ccc(F)cc3)nc2C)c1. The molecule has 0 aliphatic carbocycles. The second-order valence-corrected chi connectivity index (χ2v) is 7.11. The zero-order valence-corrected chi connectivity index (χ0v) is 15.7. The van der Waals surface area contributed by atoms with Crippen LogP contribution >= 0.6 is 11.3 Å². The van der Waals surface area contributed by atoms with Crippen molar-refractivity contribution in [1.82, 2.24) is 4.98 Å². The topological polar surface area (TPSA) is 71.1 Å². The van der Waals surface area contributed by atoms with Crippen molar-refractivity contribution in [2.75, 3.05) is 10.6 Å². The first-order chi connectivity index (χ1) is 12.9. The number of nitrogens with one attached hydrogen (secondary N) is 2. The quantitative estimate of drug-likeness (QED) is 0.686. The van der Waals surface area contributed by atoms with Crippen LogP contribution < -0.4 is 10.6 Å². The predicted molar refractivity (Wildman–Crippen MR) is 105 cm³/mol. The Morgan fingerprint density at radius 2 is 1.74 bits per heavy atom. The van der Waals surface area contributed by atoms with Gasteiger partial charge in [-0.2, -0.15) is 0 Å². The van der Waals surface area contributed by atoms with Crippen molar-refractivity contribution in [2.24, 2.45) is 0 Å². The Bertz CT molecular complexity index is 983. The summed E-state index contributed by atoms with van der Waals surface area (Å²) in [5.41, 5.74) is 2.82. The molecule has 1 aromatic heterocycles. The molecule has 2 N–H and O–H groups in total. The van der Waals surface area contributed by atoms with E-state index in [-0.39, 0.29) is 24.1 Å². The maximum absolute atomic E-state index is 13.1. The van der Waals surface area contributed by atoms with Crippen molar-refractivity contribution in [2.45, 2.75) is 20.3 Å². The first-order valence-electron chi connectivity index (χ1n) is 8.30. The molecule has 3 aromatic rings. The summed E-state index contributed by atoms with van der Waals surface area (Å²) in [4.78, 5) is 28.9. The van der Waals surface area contributed by atoms with Crippen LogP contribution in [0, 0.1) is 12.7 Å². The maximum atomic E-state index is 13.1. The van der Waals surface area contributed by atoms with Gasteiger partial charge in [0.2, 0.25) is 11.8 Å². The molecule has 0 spiro atoms. The zero-order valence-electron chi connectivity index (χ0n) is 14.9. The minimum atomic E-state index is -0.298. The number of amides is 2. The first-order valence-corrected chi connectivity index (χ1v) is 9.12. The lowest BCUT2D eigenvalue weighted by molar-refractivity contribution is -0.115. The molecule has 0 atom stereocenters. The Balaban J connectivity index is 1.69. The van der Waals surface area contributed by atoms with E-state index in [4.69, 9.17) is 0 Å². The maximum Gasteiger partial charge on any atom is 0.229 e. The molecule has 138 valence electrons. The van der Waals surface area contributed by atoms with Crippen molar-refractivity contribution in [3.63, 3.8) is 0 Å². The molecule has 3 rings (SSSR count). The predicted octanol–water partition coefficient (Wildman–Crippen LogP) is 4.40. The van der Waals surface area contributed by atoms with Gasteiger partial charge in [-0.05, 0) is 49.4 Å². The van der Waals surface area contributed by atoms with Gasteiger partial charge >= 0.3 is 0 Å². The normalized spacial score (nSPS) is 10.5. The fraction of sp³-hybridized carbons (Fsp3) is 0.150. The minimum Gasteiger partial charge on any atom is -0.326 e. The van der Waals surface area contributed by atoms with Crippen molar-refractivity contribution in [3.8, 4) is 10.6 Å². The monoisotopic (exact) mass is 383 g/mol. The van der Waals surface area contributed by atoms with Gasteiger partial charge in [0.1, 0.15) is 10.8 Å². The van der Waals surface area contributed by atoms with Crippen molar-refractivity contribution < 1.29 is 14.0 Å². The molecule has 2 aromatic carbocycles. The summed E-state index contributed by atoms with van der Waals surface area (Å²) >= 11 is 1.42. The van der Waals surface area contributed by atoms with Gasteiger partial charge in [-0.3, -0.25) is 9.59 Å². The standard InChI is InChI=1S/C20H18FN3O2S/c1-12-18(27-20(22-12)14-6-8-15(21)9-7-14)11-19(26)24-17-5-3-4-16(10-17)23-13(2)25/h3-10H,11H2,1-2H3,(H,23,25)(H,24,26). The Labute approximate surface area is 160 Å². The molecular weight excluding hydrogens is 365 g/mol. The number of carbonyl (C=O) groups is 2. The summed E-state index contributed by atoms with van der Waals surface area (Å²) in [6.07, 6.45) is 0.190. The van der Waals surface area contributed by atoms with Crippen molar-refractivity contribution in [3.05, 3.63) is 64.9 Å². The average molecular weight is 383 g/mol. The fourth-order valence-corrected chi connectivity index (χ4v) is 3.60. The number of hydrogen-bond acceptors (Lipinski definition) is 4. The van der Waals surface area contributed by atoms with E-state index < -0.39 is 0 Å². The molecule has 2 amide bonds. The summed E-state index contributed by atoms with van der Waals surface area (Å²) < 4.78 is 13.1. The molecule has 0 aliphatic heterocycles. The number of carbonyl (C=O) groups excluding carboxylic acids is 2. The average Bonchev–Trinajstić information content (AvgIpc) is 2.95. The molecule has 0 bridgehead atoms. The lowest BCUT2D eigenvalue weighted by atomic mass is 10.2. The van der Waals surface area contributed by atoms with Crippen LogP contribution in [0.25, 0.3) is 10.6 Å². The van der Waals surface area contributed by atoms with Gasteiger partial charge in [0.15, 0.2) is 0 Å². The molecule has 5 nitrogen and oxygen atoms in total. The summed E-state index contributed by atoms with van der Waals surface area (Å²) in [6.45, 7) is 3.28. The Morgan fingerprint density at radius 1 is 1.07 bits per heavy atom. The van der Waals surface area contributed by atoms with Gasteiger partial charge in [-0.25, -0.2) is 9.37 Å². The van der Waals surface area contributed by atoms with E-state index in [2.05, 4.69) is 15.6 Å². The Kier molecular flexibility index (Phi) is 5.61. The summed E-state index contributed by atoms with van der Waals surface area (Å²) in [5.74, 6) is -0.646. The van der Waals surface area contributed by atoms with Crippen LogP contribution in [-0.4, -0.2) is 16.8 Å². The van der Waals surface area contributed by atoms with Gasteiger partial charge < -0.3 is 10.6 Å². The first kappa shape index (κ1) is 18.7. The lowest BCUT2D eigenvalue weighted by Crippen LogP contribution is -2.14.